The quantitative estimate of drug-likeness (QED) is 0.690. The summed E-state index contributed by atoms with van der Waals surface area (Å²) in [7, 11) is 0. The lowest BCUT2D eigenvalue weighted by Crippen LogP contribution is -2.35. The van der Waals surface area contributed by atoms with E-state index in [0.29, 0.717) is 4.99 Å². The highest BCUT2D eigenvalue weighted by molar-refractivity contribution is 7.80. The molecule has 1 rings (SSSR count). The zero-order valence-corrected chi connectivity index (χ0v) is 10.8. The number of hydrogen-bond donors (Lipinski definition) is 2. The molecule has 5 heteroatoms. The van der Waals surface area contributed by atoms with Gasteiger partial charge < -0.3 is 16.4 Å². The lowest BCUT2D eigenvalue weighted by molar-refractivity contribution is -0.121. The van der Waals surface area contributed by atoms with Gasteiger partial charge in [-0.25, -0.2) is 0 Å². The Bertz CT molecular complexity index is 291. The van der Waals surface area contributed by atoms with Crippen LogP contribution in [-0.2, 0) is 4.79 Å². The Hall–Kier alpha value is -0.680. The molecular formula is C11H21N3OS. The van der Waals surface area contributed by atoms with Gasteiger partial charge in [0.2, 0.25) is 5.91 Å². The molecule has 1 unspecified atom stereocenters. The molecule has 0 aromatic carbocycles. The predicted octanol–water partition coefficient (Wildman–Crippen LogP) is 0.496. The maximum absolute atomic E-state index is 11.0. The first-order valence-corrected chi connectivity index (χ1v) is 6.05. The van der Waals surface area contributed by atoms with Crippen LogP contribution in [0.2, 0.25) is 0 Å². The van der Waals surface area contributed by atoms with Gasteiger partial charge in [0.15, 0.2) is 0 Å². The van der Waals surface area contributed by atoms with Crippen LogP contribution < -0.4 is 11.5 Å². The molecule has 1 aliphatic heterocycles. The fourth-order valence-corrected chi connectivity index (χ4v) is 1.93. The summed E-state index contributed by atoms with van der Waals surface area (Å²) in [5.41, 5.74) is 10.8. The van der Waals surface area contributed by atoms with Crippen molar-refractivity contribution in [1.82, 2.24) is 4.90 Å². The Kier molecular flexibility index (Phi) is 4.27. The number of nitrogens with zero attached hydrogens (tertiary/aromatic N) is 1. The summed E-state index contributed by atoms with van der Waals surface area (Å²) >= 11 is 5.02. The van der Waals surface area contributed by atoms with Crippen molar-refractivity contribution in [3.05, 3.63) is 0 Å². The van der Waals surface area contributed by atoms with E-state index in [4.69, 9.17) is 23.7 Å². The number of primary amides is 1. The predicted molar refractivity (Wildman–Crippen MR) is 68.9 cm³/mol. The highest BCUT2D eigenvalue weighted by Gasteiger charge is 2.28. The number of rotatable bonds is 5. The van der Waals surface area contributed by atoms with Gasteiger partial charge in [0.05, 0.1) is 10.9 Å². The fraction of sp³-hybridized carbons (Fsp3) is 0.818. The summed E-state index contributed by atoms with van der Waals surface area (Å²) in [6.45, 7) is 6.76. The van der Waals surface area contributed by atoms with Crippen LogP contribution in [-0.4, -0.2) is 35.4 Å². The molecule has 0 aromatic rings. The average Bonchev–Trinajstić information content (AvgIpc) is 2.63. The maximum atomic E-state index is 11.0. The number of likely N-dealkylation sites (tertiary alicyclic amines) is 1. The van der Waals surface area contributed by atoms with Crippen LogP contribution in [0.25, 0.3) is 0 Å². The standard InChI is InChI=1S/C11H21N3OS/c1-11(2,10(13)16)4-6-14-5-3-8(7-14)9(12)15/h8H,3-7H2,1-2H3,(H2,12,15)(H2,13,16). The first-order valence-electron chi connectivity index (χ1n) is 5.64. The van der Waals surface area contributed by atoms with E-state index in [0.717, 1.165) is 32.5 Å². The molecule has 1 saturated heterocycles. The molecule has 1 fully saturated rings. The van der Waals surface area contributed by atoms with Gasteiger partial charge in [0, 0.05) is 12.0 Å². The first kappa shape index (κ1) is 13.4. The fourth-order valence-electron chi connectivity index (χ4n) is 1.83. The zero-order chi connectivity index (χ0) is 12.3. The van der Waals surface area contributed by atoms with Crippen LogP contribution in [0.1, 0.15) is 26.7 Å². The molecule has 0 spiro atoms. The Morgan fingerprint density at radius 1 is 1.50 bits per heavy atom. The molecule has 1 atom stereocenters. The van der Waals surface area contributed by atoms with Crippen LogP contribution in [0.15, 0.2) is 0 Å². The van der Waals surface area contributed by atoms with E-state index in [2.05, 4.69) is 18.7 Å². The number of amides is 1. The molecule has 4 N–H and O–H groups in total. The van der Waals surface area contributed by atoms with Crippen LogP contribution in [0.4, 0.5) is 0 Å². The molecule has 0 saturated carbocycles. The van der Waals surface area contributed by atoms with Crippen molar-refractivity contribution in [3.63, 3.8) is 0 Å². The summed E-state index contributed by atoms with van der Waals surface area (Å²) in [5, 5.41) is 0. The smallest absolute Gasteiger partial charge is 0.221 e. The monoisotopic (exact) mass is 243 g/mol. The van der Waals surface area contributed by atoms with E-state index in [1.807, 2.05) is 0 Å². The summed E-state index contributed by atoms with van der Waals surface area (Å²) in [6, 6.07) is 0. The Morgan fingerprint density at radius 2 is 2.12 bits per heavy atom. The molecule has 0 aliphatic carbocycles. The van der Waals surface area contributed by atoms with Gasteiger partial charge in [-0.1, -0.05) is 26.1 Å². The summed E-state index contributed by atoms with van der Waals surface area (Å²) in [6.07, 6.45) is 1.80. The van der Waals surface area contributed by atoms with Gasteiger partial charge in [-0.05, 0) is 25.9 Å². The van der Waals surface area contributed by atoms with Crippen molar-refractivity contribution in [2.24, 2.45) is 22.8 Å². The molecule has 92 valence electrons. The Morgan fingerprint density at radius 3 is 2.56 bits per heavy atom. The topological polar surface area (TPSA) is 72.3 Å². The summed E-state index contributed by atoms with van der Waals surface area (Å²) < 4.78 is 0. The third kappa shape index (κ3) is 3.42. The molecule has 1 heterocycles. The van der Waals surface area contributed by atoms with Gasteiger partial charge in [0.25, 0.3) is 0 Å². The Balaban J connectivity index is 2.36. The summed E-state index contributed by atoms with van der Waals surface area (Å²) in [4.78, 5) is 13.8. The largest absolute Gasteiger partial charge is 0.393 e. The van der Waals surface area contributed by atoms with Crippen LogP contribution in [0.5, 0.6) is 0 Å². The highest BCUT2D eigenvalue weighted by atomic mass is 32.1. The molecular weight excluding hydrogens is 222 g/mol. The minimum absolute atomic E-state index is 0.0212. The van der Waals surface area contributed by atoms with Crippen molar-refractivity contribution < 1.29 is 4.79 Å². The van der Waals surface area contributed by atoms with Crippen LogP contribution >= 0.6 is 12.2 Å². The van der Waals surface area contributed by atoms with Gasteiger partial charge >= 0.3 is 0 Å². The number of carbonyl (C=O) groups excluding carboxylic acids is 1. The van der Waals surface area contributed by atoms with Gasteiger partial charge in [-0.2, -0.15) is 0 Å². The van der Waals surface area contributed by atoms with Crippen molar-refractivity contribution in [2.45, 2.75) is 26.7 Å². The minimum atomic E-state index is -0.184. The molecule has 4 nitrogen and oxygen atoms in total. The lowest BCUT2D eigenvalue weighted by Gasteiger charge is -2.26. The van der Waals surface area contributed by atoms with Gasteiger partial charge in [-0.3, -0.25) is 4.79 Å². The van der Waals surface area contributed by atoms with E-state index < -0.39 is 0 Å². The van der Waals surface area contributed by atoms with Gasteiger partial charge in [0.1, 0.15) is 0 Å². The third-order valence-electron chi connectivity index (χ3n) is 3.39. The van der Waals surface area contributed by atoms with E-state index >= 15 is 0 Å². The Labute approximate surface area is 102 Å². The summed E-state index contributed by atoms with van der Waals surface area (Å²) in [5.74, 6) is -0.163. The van der Waals surface area contributed by atoms with Crippen molar-refractivity contribution in [2.75, 3.05) is 19.6 Å². The normalized spacial score (nSPS) is 22.2. The molecule has 0 bridgehead atoms. The van der Waals surface area contributed by atoms with E-state index in [1.54, 1.807) is 0 Å². The number of nitrogens with two attached hydrogens (primary N) is 2. The SMILES string of the molecule is CC(C)(CCN1CCC(C(N)=O)C1)C(N)=S. The minimum Gasteiger partial charge on any atom is -0.393 e. The molecule has 1 aliphatic rings. The third-order valence-corrected chi connectivity index (χ3v) is 3.95. The average molecular weight is 243 g/mol. The first-order chi connectivity index (χ1) is 7.33. The van der Waals surface area contributed by atoms with E-state index in [-0.39, 0.29) is 17.2 Å². The second-order valence-corrected chi connectivity index (χ2v) is 5.63. The van der Waals surface area contributed by atoms with E-state index in [1.165, 1.54) is 0 Å². The number of carbonyl (C=O) groups is 1. The highest BCUT2D eigenvalue weighted by Crippen LogP contribution is 2.23. The molecule has 16 heavy (non-hydrogen) atoms. The maximum Gasteiger partial charge on any atom is 0.221 e. The van der Waals surface area contributed by atoms with Crippen LogP contribution in [0, 0.1) is 11.3 Å². The lowest BCUT2D eigenvalue weighted by atomic mass is 9.89. The second-order valence-electron chi connectivity index (χ2n) is 5.19. The molecule has 0 radical (unpaired) electrons. The van der Waals surface area contributed by atoms with Crippen LogP contribution in [0.3, 0.4) is 0 Å². The zero-order valence-electron chi connectivity index (χ0n) is 10.0. The van der Waals surface area contributed by atoms with Gasteiger partial charge in [-0.15, -0.1) is 0 Å². The second kappa shape index (κ2) is 5.10. The number of thiocarbonyl (C=S) groups is 1. The number of hydrogen-bond acceptors (Lipinski definition) is 3. The van der Waals surface area contributed by atoms with Crippen molar-refractivity contribution in [1.29, 1.82) is 0 Å². The molecule has 1 amide bonds. The van der Waals surface area contributed by atoms with Crippen molar-refractivity contribution >= 4 is 23.1 Å². The van der Waals surface area contributed by atoms with Crippen molar-refractivity contribution in [3.8, 4) is 0 Å². The molecule has 0 aromatic heterocycles. The van der Waals surface area contributed by atoms with E-state index in [9.17, 15) is 4.79 Å².